The normalized spacial score (nSPS) is 15.6. The number of carboxylic acid groups (broad SMARTS) is 1. The zero-order valence-corrected chi connectivity index (χ0v) is 15.6. The first kappa shape index (κ1) is 18.7. The van der Waals surface area contributed by atoms with Crippen LogP contribution in [0.3, 0.4) is 0 Å². The van der Waals surface area contributed by atoms with E-state index >= 15 is 0 Å². The van der Waals surface area contributed by atoms with Crippen LogP contribution in [0.4, 0.5) is 10.7 Å². The molecule has 1 saturated carbocycles. The molecule has 0 radical (unpaired) electrons. The molecule has 0 saturated heterocycles. The van der Waals surface area contributed by atoms with Crippen LogP contribution >= 0.6 is 0 Å². The lowest BCUT2D eigenvalue weighted by atomic mass is 10.2. The number of primary amides is 1. The summed E-state index contributed by atoms with van der Waals surface area (Å²) in [4.78, 5) is 17.8. The third kappa shape index (κ3) is 4.28. The van der Waals surface area contributed by atoms with Crippen LogP contribution in [0, 0.1) is 0 Å². The van der Waals surface area contributed by atoms with Gasteiger partial charge in [-0.1, -0.05) is 18.1 Å². The summed E-state index contributed by atoms with van der Waals surface area (Å²) in [5.41, 5.74) is 6.19. The second-order valence-corrected chi connectivity index (χ2v) is 6.70. The number of aromatic nitrogens is 5. The molecule has 0 bridgehead atoms. The van der Waals surface area contributed by atoms with Crippen LogP contribution in [0.15, 0.2) is 24.4 Å². The molecule has 11 nitrogen and oxygen atoms in total. The van der Waals surface area contributed by atoms with E-state index in [4.69, 9.17) is 19.4 Å². The monoisotopic (exact) mass is 399 g/mol. The molecule has 0 spiro atoms. The first-order valence-corrected chi connectivity index (χ1v) is 9.33. The Morgan fingerprint density at radius 2 is 1.93 bits per heavy atom. The van der Waals surface area contributed by atoms with Crippen molar-refractivity contribution < 1.29 is 19.4 Å². The highest BCUT2D eigenvalue weighted by Crippen LogP contribution is 2.32. The highest BCUT2D eigenvalue weighted by atomic mass is 16.6. The summed E-state index contributed by atoms with van der Waals surface area (Å²) in [6.45, 7) is 1.12. The Bertz CT molecular complexity index is 1010. The minimum absolute atomic E-state index is 0.455. The van der Waals surface area contributed by atoms with Crippen LogP contribution in [-0.2, 0) is 0 Å². The van der Waals surface area contributed by atoms with Gasteiger partial charge in [0, 0.05) is 12.1 Å². The number of fused-ring (bicyclic) bond motifs is 2. The Labute approximate surface area is 165 Å². The fourth-order valence-corrected chi connectivity index (χ4v) is 3.39. The summed E-state index contributed by atoms with van der Waals surface area (Å²) in [6, 6.07) is 6.16. The number of anilines is 1. The van der Waals surface area contributed by atoms with Crippen LogP contribution in [0.5, 0.6) is 11.5 Å². The molecule has 1 aliphatic carbocycles. The minimum Gasteiger partial charge on any atom is -0.486 e. The molecular formula is C18H21N7O4. The van der Waals surface area contributed by atoms with Gasteiger partial charge in [0.15, 0.2) is 22.7 Å². The fourth-order valence-electron chi connectivity index (χ4n) is 3.39. The van der Waals surface area contributed by atoms with Crippen LogP contribution in [-0.4, -0.2) is 55.4 Å². The van der Waals surface area contributed by atoms with Gasteiger partial charge in [0.05, 0.1) is 11.9 Å². The number of hydrogen-bond acceptors (Lipinski definition) is 8. The SMILES string of the molecule is NC(=O)O.c1cc2c(cc1-n1nnc3cnc(NC4CCCC4)nc31)OCCO2. The number of ether oxygens (including phenoxy) is 2. The molecule has 0 unspecified atom stereocenters. The van der Waals surface area contributed by atoms with E-state index in [2.05, 4.69) is 31.3 Å². The van der Waals surface area contributed by atoms with E-state index in [0.717, 1.165) is 11.4 Å². The molecule has 29 heavy (non-hydrogen) atoms. The lowest BCUT2D eigenvalue weighted by Crippen LogP contribution is -2.17. The topological polar surface area (TPSA) is 150 Å². The average molecular weight is 399 g/mol. The molecule has 5 rings (SSSR count). The van der Waals surface area contributed by atoms with Crippen molar-refractivity contribution in [2.24, 2.45) is 5.73 Å². The van der Waals surface area contributed by atoms with Crippen molar-refractivity contribution in [3.8, 4) is 17.2 Å². The van der Waals surface area contributed by atoms with Gasteiger partial charge < -0.3 is 25.6 Å². The minimum atomic E-state index is -1.33. The molecule has 2 aliphatic rings. The van der Waals surface area contributed by atoms with Crippen LogP contribution in [0.2, 0.25) is 0 Å². The van der Waals surface area contributed by atoms with Crippen LogP contribution in [0.1, 0.15) is 25.7 Å². The van der Waals surface area contributed by atoms with Gasteiger partial charge in [-0.25, -0.2) is 9.78 Å². The van der Waals surface area contributed by atoms with E-state index < -0.39 is 6.09 Å². The summed E-state index contributed by atoms with van der Waals surface area (Å²) in [6.07, 6.45) is 5.23. The molecule has 4 N–H and O–H groups in total. The van der Waals surface area contributed by atoms with E-state index in [9.17, 15) is 0 Å². The molecule has 1 aromatic carbocycles. The Morgan fingerprint density at radius 1 is 1.21 bits per heavy atom. The van der Waals surface area contributed by atoms with Gasteiger partial charge in [-0.2, -0.15) is 9.67 Å². The molecule has 3 heterocycles. The van der Waals surface area contributed by atoms with E-state index in [1.807, 2.05) is 18.2 Å². The van der Waals surface area contributed by atoms with Gasteiger partial charge in [0.2, 0.25) is 5.95 Å². The maximum Gasteiger partial charge on any atom is 0.402 e. The van der Waals surface area contributed by atoms with Crippen molar-refractivity contribution >= 4 is 23.2 Å². The van der Waals surface area contributed by atoms with Crippen molar-refractivity contribution in [3.05, 3.63) is 24.4 Å². The number of hydrogen-bond donors (Lipinski definition) is 3. The van der Waals surface area contributed by atoms with Crippen molar-refractivity contribution in [3.63, 3.8) is 0 Å². The van der Waals surface area contributed by atoms with E-state index in [1.165, 1.54) is 25.7 Å². The number of carbonyl (C=O) groups is 1. The third-order valence-corrected chi connectivity index (χ3v) is 4.65. The van der Waals surface area contributed by atoms with E-state index in [1.54, 1.807) is 10.9 Å². The molecular weight excluding hydrogens is 378 g/mol. The first-order chi connectivity index (χ1) is 14.1. The standard InChI is InChI=1S/C17H18N6O2.CH3NO2/c1-2-4-11(3-1)19-17-18-10-13-16(20-17)23(22-21-13)12-5-6-14-15(9-12)25-8-7-24-14;2-1(3)4/h5-6,9-11H,1-4,7-8H2,(H,18,19,20);2H2,(H,3,4). The number of nitrogens with zero attached hydrogens (tertiary/aromatic N) is 5. The van der Waals surface area contributed by atoms with Gasteiger partial charge in [-0.05, 0) is 25.0 Å². The molecule has 0 atom stereocenters. The lowest BCUT2D eigenvalue weighted by Gasteiger charge is -2.18. The Morgan fingerprint density at radius 3 is 2.69 bits per heavy atom. The molecule has 1 aliphatic heterocycles. The highest BCUT2D eigenvalue weighted by molar-refractivity contribution is 5.72. The Hall–Kier alpha value is -3.63. The quantitative estimate of drug-likeness (QED) is 0.600. The average Bonchev–Trinajstić information content (AvgIpc) is 3.37. The van der Waals surface area contributed by atoms with Crippen molar-refractivity contribution in [2.75, 3.05) is 18.5 Å². The van der Waals surface area contributed by atoms with Gasteiger partial charge in [-0.3, -0.25) is 0 Å². The molecule has 1 amide bonds. The second kappa shape index (κ2) is 8.17. The largest absolute Gasteiger partial charge is 0.486 e. The number of rotatable bonds is 3. The first-order valence-electron chi connectivity index (χ1n) is 9.33. The summed E-state index contributed by atoms with van der Waals surface area (Å²) in [7, 11) is 0. The van der Waals surface area contributed by atoms with Gasteiger partial charge in [0.1, 0.15) is 13.2 Å². The van der Waals surface area contributed by atoms with Crippen LogP contribution in [0.25, 0.3) is 16.9 Å². The van der Waals surface area contributed by atoms with Crippen molar-refractivity contribution in [2.45, 2.75) is 31.7 Å². The van der Waals surface area contributed by atoms with E-state index in [0.29, 0.717) is 42.1 Å². The summed E-state index contributed by atoms with van der Waals surface area (Å²) < 4.78 is 12.9. The third-order valence-electron chi connectivity index (χ3n) is 4.65. The van der Waals surface area contributed by atoms with Crippen LogP contribution < -0.4 is 20.5 Å². The number of nitrogens with two attached hydrogens (primary N) is 1. The Kier molecular flexibility index (Phi) is 5.27. The number of nitrogens with one attached hydrogen (secondary N) is 1. The number of benzene rings is 1. The predicted molar refractivity (Wildman–Crippen MR) is 104 cm³/mol. The molecule has 2 aromatic heterocycles. The smallest absolute Gasteiger partial charge is 0.402 e. The molecule has 1 fully saturated rings. The predicted octanol–water partition coefficient (Wildman–Crippen LogP) is 1.96. The summed E-state index contributed by atoms with van der Waals surface area (Å²) >= 11 is 0. The number of amides is 1. The second-order valence-electron chi connectivity index (χ2n) is 6.70. The van der Waals surface area contributed by atoms with E-state index in [-0.39, 0.29) is 0 Å². The zero-order valence-electron chi connectivity index (χ0n) is 15.6. The van der Waals surface area contributed by atoms with Gasteiger partial charge >= 0.3 is 6.09 Å². The fraction of sp³-hybridized carbons (Fsp3) is 0.389. The molecule has 11 heteroatoms. The highest BCUT2D eigenvalue weighted by Gasteiger charge is 2.18. The van der Waals surface area contributed by atoms with Crippen molar-refractivity contribution in [1.29, 1.82) is 0 Å². The summed E-state index contributed by atoms with van der Waals surface area (Å²) in [5.74, 6) is 2.09. The Balaban J connectivity index is 0.000000472. The van der Waals surface area contributed by atoms with Crippen molar-refractivity contribution in [1.82, 2.24) is 25.0 Å². The maximum absolute atomic E-state index is 8.78. The molecule has 152 valence electrons. The lowest BCUT2D eigenvalue weighted by molar-refractivity contribution is 0.171. The maximum atomic E-state index is 8.78. The zero-order chi connectivity index (χ0) is 20.2. The summed E-state index contributed by atoms with van der Waals surface area (Å²) in [5, 5.41) is 19.0. The van der Waals surface area contributed by atoms with Gasteiger partial charge in [0.25, 0.3) is 0 Å². The van der Waals surface area contributed by atoms with Gasteiger partial charge in [-0.15, -0.1) is 5.10 Å². The molecule has 3 aromatic rings.